The van der Waals surface area contributed by atoms with Gasteiger partial charge in [0.05, 0.1) is 18.3 Å². The molecule has 2 rings (SSSR count). The topological polar surface area (TPSA) is 101 Å². The predicted molar refractivity (Wildman–Crippen MR) is 108 cm³/mol. The van der Waals surface area contributed by atoms with Crippen molar-refractivity contribution in [3.05, 3.63) is 54.4 Å². The number of hydrogen-bond acceptors (Lipinski definition) is 6. The van der Waals surface area contributed by atoms with Gasteiger partial charge in [0.15, 0.2) is 0 Å². The molecule has 1 aliphatic rings. The Kier molecular flexibility index (Phi) is 9.87. The molecule has 0 bridgehead atoms. The first kappa shape index (κ1) is 23.6. The molecule has 0 unspecified atom stereocenters. The van der Waals surface area contributed by atoms with Crippen molar-refractivity contribution < 1.29 is 29.6 Å². The van der Waals surface area contributed by atoms with Crippen molar-refractivity contribution in [2.75, 3.05) is 5.75 Å². The van der Waals surface area contributed by atoms with E-state index in [4.69, 9.17) is 0 Å². The summed E-state index contributed by atoms with van der Waals surface area (Å²) in [4.78, 5) is 10.9. The predicted octanol–water partition coefficient (Wildman–Crippen LogP) is 2.06. The zero-order valence-corrected chi connectivity index (χ0v) is 17.0. The molecule has 160 valence electrons. The van der Waals surface area contributed by atoms with Gasteiger partial charge in [-0.25, -0.2) is 4.39 Å². The quantitative estimate of drug-likeness (QED) is 0.286. The average molecular weight is 424 g/mol. The molecule has 0 amide bonds. The van der Waals surface area contributed by atoms with Gasteiger partial charge in [-0.15, -0.1) is 11.8 Å². The number of allylic oxidation sites excluding steroid dienone is 2. The van der Waals surface area contributed by atoms with Crippen molar-refractivity contribution in [3.8, 4) is 0 Å². The van der Waals surface area contributed by atoms with Gasteiger partial charge in [0.1, 0.15) is 5.82 Å². The minimum atomic E-state index is -1.07. The molecule has 1 saturated carbocycles. The van der Waals surface area contributed by atoms with Gasteiger partial charge < -0.3 is 25.2 Å². The Hall–Kier alpha value is -1.67. The molecule has 0 saturated heterocycles. The van der Waals surface area contributed by atoms with E-state index >= 15 is 0 Å². The van der Waals surface area contributed by atoms with Gasteiger partial charge in [0.2, 0.25) is 0 Å². The van der Waals surface area contributed by atoms with Gasteiger partial charge in [-0.3, -0.25) is 0 Å². The van der Waals surface area contributed by atoms with E-state index in [2.05, 4.69) is 0 Å². The SMILES string of the molecule is O=C([O-])CCC/C=C\C[C@@H]1[C@@H](/C=C/[C@@H](O)CSc2ccccc2F)[C@H](O)C[C@@H]1O. The fourth-order valence-electron chi connectivity index (χ4n) is 3.49. The van der Waals surface area contributed by atoms with Crippen LogP contribution < -0.4 is 5.11 Å². The summed E-state index contributed by atoms with van der Waals surface area (Å²) < 4.78 is 13.6. The number of aliphatic carboxylic acids is 1. The summed E-state index contributed by atoms with van der Waals surface area (Å²) in [5.41, 5.74) is 0. The number of carboxylic acids is 1. The van der Waals surface area contributed by atoms with Crippen molar-refractivity contribution >= 4 is 17.7 Å². The highest BCUT2D eigenvalue weighted by molar-refractivity contribution is 7.99. The van der Waals surface area contributed by atoms with Crippen LogP contribution >= 0.6 is 11.8 Å². The molecule has 3 N–H and O–H groups in total. The Balaban J connectivity index is 1.84. The molecular formula is C22H28FO5S-. The average Bonchev–Trinajstić information content (AvgIpc) is 2.94. The second-order valence-electron chi connectivity index (χ2n) is 7.28. The maximum atomic E-state index is 13.6. The minimum Gasteiger partial charge on any atom is -0.550 e. The lowest BCUT2D eigenvalue weighted by molar-refractivity contribution is -0.305. The van der Waals surface area contributed by atoms with E-state index in [0.717, 1.165) is 0 Å². The van der Waals surface area contributed by atoms with E-state index in [1.165, 1.54) is 17.8 Å². The highest BCUT2D eigenvalue weighted by atomic mass is 32.2. The molecule has 0 spiro atoms. The third kappa shape index (κ3) is 7.93. The van der Waals surface area contributed by atoms with Crippen LogP contribution in [0.1, 0.15) is 32.1 Å². The Morgan fingerprint density at radius 2 is 2.03 bits per heavy atom. The van der Waals surface area contributed by atoms with Gasteiger partial charge in [-0.1, -0.05) is 36.4 Å². The lowest BCUT2D eigenvalue weighted by atomic mass is 9.89. The summed E-state index contributed by atoms with van der Waals surface area (Å²) in [7, 11) is 0. The van der Waals surface area contributed by atoms with E-state index in [-0.39, 0.29) is 36.2 Å². The summed E-state index contributed by atoms with van der Waals surface area (Å²) >= 11 is 1.22. The van der Waals surface area contributed by atoms with Crippen molar-refractivity contribution in [1.82, 2.24) is 0 Å². The van der Waals surface area contributed by atoms with Crippen LogP contribution in [0.4, 0.5) is 4.39 Å². The maximum absolute atomic E-state index is 13.6. The molecule has 1 aromatic rings. The van der Waals surface area contributed by atoms with Crippen molar-refractivity contribution in [2.45, 2.75) is 55.3 Å². The smallest absolute Gasteiger partial charge is 0.136 e. The summed E-state index contributed by atoms with van der Waals surface area (Å²) in [6.07, 6.45) is 6.94. The van der Waals surface area contributed by atoms with Crippen LogP contribution in [0.25, 0.3) is 0 Å². The molecule has 5 atom stereocenters. The highest BCUT2D eigenvalue weighted by Gasteiger charge is 2.39. The first-order chi connectivity index (χ1) is 13.9. The number of benzene rings is 1. The van der Waals surface area contributed by atoms with Crippen molar-refractivity contribution in [3.63, 3.8) is 0 Å². The third-order valence-corrected chi connectivity index (χ3v) is 6.19. The van der Waals surface area contributed by atoms with Crippen LogP contribution in [-0.4, -0.2) is 45.4 Å². The van der Waals surface area contributed by atoms with Crippen LogP contribution in [-0.2, 0) is 4.79 Å². The molecule has 1 aliphatic carbocycles. The van der Waals surface area contributed by atoms with Crippen LogP contribution in [0.5, 0.6) is 0 Å². The molecule has 7 heteroatoms. The summed E-state index contributed by atoms with van der Waals surface area (Å²) in [5, 5.41) is 41.0. The number of halogens is 1. The molecule has 1 fully saturated rings. The van der Waals surface area contributed by atoms with Crippen LogP contribution in [0.15, 0.2) is 53.5 Å². The zero-order valence-electron chi connectivity index (χ0n) is 16.2. The first-order valence-electron chi connectivity index (χ1n) is 9.83. The van der Waals surface area contributed by atoms with Gasteiger partial charge in [-0.05, 0) is 43.7 Å². The van der Waals surface area contributed by atoms with Crippen molar-refractivity contribution in [1.29, 1.82) is 0 Å². The van der Waals surface area contributed by atoms with E-state index in [9.17, 15) is 29.6 Å². The zero-order chi connectivity index (χ0) is 21.2. The monoisotopic (exact) mass is 423 g/mol. The fraction of sp³-hybridized carbons (Fsp3) is 0.500. The van der Waals surface area contributed by atoms with Gasteiger partial charge in [-0.2, -0.15) is 0 Å². The molecule has 0 radical (unpaired) electrons. The molecule has 0 aromatic heterocycles. The second kappa shape index (κ2) is 12.1. The van der Waals surface area contributed by atoms with E-state index in [0.29, 0.717) is 24.2 Å². The number of hydrogen-bond donors (Lipinski definition) is 3. The van der Waals surface area contributed by atoms with Crippen LogP contribution in [0, 0.1) is 17.7 Å². The molecule has 0 aliphatic heterocycles. The third-order valence-electron chi connectivity index (χ3n) is 5.04. The number of unbranched alkanes of at least 4 members (excludes halogenated alkanes) is 1. The number of aliphatic hydroxyl groups is 3. The minimum absolute atomic E-state index is 0.0171. The largest absolute Gasteiger partial charge is 0.550 e. The molecule has 29 heavy (non-hydrogen) atoms. The second-order valence-corrected chi connectivity index (χ2v) is 8.34. The molecule has 0 heterocycles. The summed E-state index contributed by atoms with van der Waals surface area (Å²) in [5.74, 6) is -1.57. The van der Waals surface area contributed by atoms with Gasteiger partial charge >= 0.3 is 0 Å². The number of carbonyl (C=O) groups is 1. The van der Waals surface area contributed by atoms with E-state index in [1.807, 2.05) is 12.2 Å². The Labute approximate surface area is 175 Å². The standard InChI is InChI=1S/C22H29FO5S/c23-18-8-5-6-9-21(18)29-14-15(24)11-12-17-16(19(25)13-20(17)26)7-3-1-2-4-10-22(27)28/h1,3,5-6,8-9,11-12,15-17,19-20,24-26H,2,4,7,10,13-14H2,(H,27,28)/p-1/b3-1-,12-11+/t15-,16-,17-,19+,20-/m1/s1. The number of aliphatic hydroxyl groups excluding tert-OH is 3. The molecule has 5 nitrogen and oxygen atoms in total. The normalized spacial score (nSPS) is 25.8. The highest BCUT2D eigenvalue weighted by Crippen LogP contribution is 2.36. The number of rotatable bonds is 11. The number of carbonyl (C=O) groups excluding carboxylic acids is 1. The Morgan fingerprint density at radius 1 is 1.28 bits per heavy atom. The van der Waals surface area contributed by atoms with Crippen LogP contribution in [0.2, 0.25) is 0 Å². The Bertz CT molecular complexity index is 708. The van der Waals surface area contributed by atoms with Crippen molar-refractivity contribution in [2.24, 2.45) is 11.8 Å². The van der Waals surface area contributed by atoms with Gasteiger partial charge in [0, 0.05) is 29.0 Å². The van der Waals surface area contributed by atoms with E-state index < -0.39 is 24.3 Å². The van der Waals surface area contributed by atoms with Crippen LogP contribution in [0.3, 0.4) is 0 Å². The lowest BCUT2D eigenvalue weighted by Crippen LogP contribution is -2.21. The summed E-state index contributed by atoms with van der Waals surface area (Å²) in [6.45, 7) is 0. The first-order valence-corrected chi connectivity index (χ1v) is 10.8. The maximum Gasteiger partial charge on any atom is 0.136 e. The Morgan fingerprint density at radius 3 is 2.76 bits per heavy atom. The number of thioether (sulfide) groups is 1. The number of carboxylic acid groups (broad SMARTS) is 1. The summed E-state index contributed by atoms with van der Waals surface area (Å²) in [6, 6.07) is 6.38. The van der Waals surface area contributed by atoms with E-state index in [1.54, 1.807) is 30.4 Å². The molecule has 1 aromatic carbocycles. The van der Waals surface area contributed by atoms with Gasteiger partial charge in [0.25, 0.3) is 0 Å². The fourth-order valence-corrected chi connectivity index (χ4v) is 4.33. The lowest BCUT2D eigenvalue weighted by Gasteiger charge is -2.19. The molecular weight excluding hydrogens is 395 g/mol.